The second kappa shape index (κ2) is 6.02. The van der Waals surface area contributed by atoms with Crippen LogP contribution in [-0.4, -0.2) is 15.3 Å². The molecule has 0 fully saturated rings. The van der Waals surface area contributed by atoms with Gasteiger partial charge in [-0.25, -0.2) is 4.98 Å². The number of anilines is 1. The Balaban J connectivity index is 1.80. The molecule has 2 heterocycles. The van der Waals surface area contributed by atoms with Crippen LogP contribution >= 0.6 is 0 Å². The number of rotatable bonds is 4. The van der Waals surface area contributed by atoms with Gasteiger partial charge < -0.3 is 9.72 Å². The molecule has 3 rings (SSSR count). The molecule has 2 aromatic heterocycles. The Morgan fingerprint density at radius 1 is 1.27 bits per heavy atom. The first-order valence-corrected chi connectivity index (χ1v) is 7.51. The van der Waals surface area contributed by atoms with E-state index in [1.165, 1.54) is 5.56 Å². The molecule has 0 spiro atoms. The number of nitrogens with one attached hydrogen (secondary N) is 1. The molecule has 4 nitrogen and oxygen atoms in total. The van der Waals surface area contributed by atoms with Crippen molar-refractivity contribution < 1.29 is 4.79 Å². The summed E-state index contributed by atoms with van der Waals surface area (Å²) in [6.07, 6.45) is 7.64. The molecule has 0 aliphatic carbocycles. The van der Waals surface area contributed by atoms with Crippen molar-refractivity contribution in [2.24, 2.45) is 0 Å². The summed E-state index contributed by atoms with van der Waals surface area (Å²) in [7, 11) is 0. The maximum absolute atomic E-state index is 12.3. The van der Waals surface area contributed by atoms with E-state index in [9.17, 15) is 4.79 Å². The molecule has 1 N–H and O–H groups in total. The number of carbonyl (C=O) groups excluding carboxylic acids is 1. The third kappa shape index (κ3) is 2.86. The predicted octanol–water partition coefficient (Wildman–Crippen LogP) is 3.85. The average Bonchev–Trinajstić information content (AvgIpc) is 2.97. The van der Waals surface area contributed by atoms with Gasteiger partial charge in [-0.1, -0.05) is 25.5 Å². The van der Waals surface area contributed by atoms with Crippen molar-refractivity contribution in [3.63, 3.8) is 0 Å². The third-order valence-corrected chi connectivity index (χ3v) is 3.68. The van der Waals surface area contributed by atoms with E-state index in [2.05, 4.69) is 17.2 Å². The zero-order valence-corrected chi connectivity index (χ0v) is 12.8. The molecule has 0 unspecified atom stereocenters. The summed E-state index contributed by atoms with van der Waals surface area (Å²) in [6, 6.07) is 9.73. The summed E-state index contributed by atoms with van der Waals surface area (Å²) in [6.45, 7) is 4.13. The number of benzene rings is 1. The summed E-state index contributed by atoms with van der Waals surface area (Å²) in [5.41, 5.74) is 4.63. The van der Waals surface area contributed by atoms with Crippen LogP contribution < -0.4 is 5.32 Å². The Morgan fingerprint density at radius 2 is 2.05 bits per heavy atom. The Morgan fingerprint density at radius 3 is 2.77 bits per heavy atom. The molecule has 0 atom stereocenters. The summed E-state index contributed by atoms with van der Waals surface area (Å²) < 4.78 is 1.91. The summed E-state index contributed by atoms with van der Waals surface area (Å²) >= 11 is 0. The second-order valence-electron chi connectivity index (χ2n) is 5.47. The number of aromatic nitrogens is 2. The van der Waals surface area contributed by atoms with Gasteiger partial charge in [0.25, 0.3) is 5.91 Å². The minimum Gasteiger partial charge on any atom is -0.321 e. The fourth-order valence-corrected chi connectivity index (χ4v) is 2.59. The summed E-state index contributed by atoms with van der Waals surface area (Å²) in [5.74, 6) is -0.0955. The van der Waals surface area contributed by atoms with Gasteiger partial charge in [-0.15, -0.1) is 0 Å². The molecule has 1 amide bonds. The average molecular weight is 293 g/mol. The fraction of sp³-hybridized carbons (Fsp3) is 0.222. The first-order valence-electron chi connectivity index (χ1n) is 7.51. The van der Waals surface area contributed by atoms with E-state index in [4.69, 9.17) is 0 Å². The molecule has 0 bridgehead atoms. The predicted molar refractivity (Wildman–Crippen MR) is 88.3 cm³/mol. The zero-order chi connectivity index (χ0) is 15.5. The molecule has 0 saturated heterocycles. The highest BCUT2D eigenvalue weighted by atomic mass is 16.1. The molecule has 0 radical (unpaired) electrons. The lowest BCUT2D eigenvalue weighted by Crippen LogP contribution is -2.12. The minimum absolute atomic E-state index is 0.0955. The highest BCUT2D eigenvalue weighted by Gasteiger charge is 2.08. The van der Waals surface area contributed by atoms with Gasteiger partial charge in [0.2, 0.25) is 0 Å². The Labute approximate surface area is 129 Å². The Hall–Kier alpha value is -2.62. The van der Waals surface area contributed by atoms with E-state index in [0.29, 0.717) is 5.56 Å². The molecule has 0 saturated carbocycles. The van der Waals surface area contributed by atoms with Crippen molar-refractivity contribution in [3.8, 4) is 0 Å². The van der Waals surface area contributed by atoms with Crippen LogP contribution in [0.2, 0.25) is 0 Å². The smallest absolute Gasteiger partial charge is 0.255 e. The van der Waals surface area contributed by atoms with E-state index in [1.807, 2.05) is 54.0 Å². The lowest BCUT2D eigenvalue weighted by atomic mass is 10.1. The molecule has 112 valence electrons. The standard InChI is InChI=1S/C18H19N3O/c1-3-4-14-5-7-15(8-6-14)18(22)20-16-11-13(2)17-19-9-10-21(17)12-16/h5-12H,3-4H2,1-2H3,(H,20,22). The quantitative estimate of drug-likeness (QED) is 0.794. The van der Waals surface area contributed by atoms with Crippen molar-refractivity contribution >= 4 is 17.2 Å². The van der Waals surface area contributed by atoms with E-state index < -0.39 is 0 Å². The van der Waals surface area contributed by atoms with Crippen LogP contribution in [-0.2, 0) is 6.42 Å². The molecule has 22 heavy (non-hydrogen) atoms. The molecule has 4 heteroatoms. The van der Waals surface area contributed by atoms with Crippen molar-refractivity contribution in [1.29, 1.82) is 0 Å². The Bertz CT molecular complexity index is 803. The van der Waals surface area contributed by atoms with E-state index >= 15 is 0 Å². The summed E-state index contributed by atoms with van der Waals surface area (Å²) in [5, 5.41) is 2.94. The topological polar surface area (TPSA) is 46.4 Å². The molecule has 0 aliphatic heterocycles. The SMILES string of the molecule is CCCc1ccc(C(=O)Nc2cc(C)c3nccn3c2)cc1. The molecule has 1 aromatic carbocycles. The van der Waals surface area contributed by atoms with Crippen LogP contribution in [0.15, 0.2) is 48.9 Å². The molecule has 3 aromatic rings. The monoisotopic (exact) mass is 293 g/mol. The number of aryl methyl sites for hydroxylation is 2. The Kier molecular flexibility index (Phi) is 3.92. The van der Waals surface area contributed by atoms with E-state index in [0.717, 1.165) is 29.7 Å². The summed E-state index contributed by atoms with van der Waals surface area (Å²) in [4.78, 5) is 16.6. The number of pyridine rings is 1. The van der Waals surface area contributed by atoms with Crippen molar-refractivity contribution in [2.75, 3.05) is 5.32 Å². The van der Waals surface area contributed by atoms with Crippen LogP contribution in [0.4, 0.5) is 5.69 Å². The van der Waals surface area contributed by atoms with Crippen molar-refractivity contribution in [2.45, 2.75) is 26.7 Å². The van der Waals surface area contributed by atoms with Gasteiger partial charge >= 0.3 is 0 Å². The zero-order valence-electron chi connectivity index (χ0n) is 12.8. The maximum atomic E-state index is 12.3. The number of nitrogens with zero attached hydrogens (tertiary/aromatic N) is 2. The fourth-order valence-electron chi connectivity index (χ4n) is 2.59. The van der Waals surface area contributed by atoms with Crippen LogP contribution in [0.5, 0.6) is 0 Å². The first-order chi connectivity index (χ1) is 10.7. The van der Waals surface area contributed by atoms with Crippen LogP contribution in [0, 0.1) is 6.92 Å². The van der Waals surface area contributed by atoms with Gasteiger partial charge in [-0.05, 0) is 42.7 Å². The van der Waals surface area contributed by atoms with Gasteiger partial charge in [0.05, 0.1) is 5.69 Å². The number of amides is 1. The van der Waals surface area contributed by atoms with Gasteiger partial charge in [-0.3, -0.25) is 4.79 Å². The number of carbonyl (C=O) groups is 1. The van der Waals surface area contributed by atoms with Gasteiger partial charge in [0, 0.05) is 24.2 Å². The minimum atomic E-state index is -0.0955. The third-order valence-electron chi connectivity index (χ3n) is 3.68. The van der Waals surface area contributed by atoms with E-state index in [1.54, 1.807) is 6.20 Å². The van der Waals surface area contributed by atoms with Gasteiger partial charge in [0.15, 0.2) is 0 Å². The van der Waals surface area contributed by atoms with E-state index in [-0.39, 0.29) is 5.91 Å². The largest absolute Gasteiger partial charge is 0.321 e. The molecular formula is C18H19N3O. The number of fused-ring (bicyclic) bond motifs is 1. The second-order valence-corrected chi connectivity index (χ2v) is 5.47. The van der Waals surface area contributed by atoms with Gasteiger partial charge in [0.1, 0.15) is 5.65 Å². The first kappa shape index (κ1) is 14.3. The van der Waals surface area contributed by atoms with Crippen molar-refractivity contribution in [1.82, 2.24) is 9.38 Å². The van der Waals surface area contributed by atoms with Crippen molar-refractivity contribution in [3.05, 3.63) is 65.6 Å². The molecular weight excluding hydrogens is 274 g/mol. The number of hydrogen-bond donors (Lipinski definition) is 1. The number of hydrogen-bond acceptors (Lipinski definition) is 2. The maximum Gasteiger partial charge on any atom is 0.255 e. The van der Waals surface area contributed by atoms with Crippen LogP contribution in [0.1, 0.15) is 34.8 Å². The highest BCUT2D eigenvalue weighted by molar-refractivity contribution is 6.04. The lowest BCUT2D eigenvalue weighted by Gasteiger charge is -2.08. The number of imidazole rings is 1. The van der Waals surface area contributed by atoms with Crippen LogP contribution in [0.3, 0.4) is 0 Å². The normalized spacial score (nSPS) is 10.8. The lowest BCUT2D eigenvalue weighted by molar-refractivity contribution is 0.102. The van der Waals surface area contributed by atoms with Crippen LogP contribution in [0.25, 0.3) is 5.65 Å². The molecule has 0 aliphatic rings. The van der Waals surface area contributed by atoms with Gasteiger partial charge in [-0.2, -0.15) is 0 Å². The highest BCUT2D eigenvalue weighted by Crippen LogP contribution is 2.16.